The van der Waals surface area contributed by atoms with E-state index in [2.05, 4.69) is 20.6 Å². The predicted octanol–water partition coefficient (Wildman–Crippen LogP) is 2.33. The number of anilines is 4. The first-order valence-electron chi connectivity index (χ1n) is 10.1. The van der Waals surface area contributed by atoms with E-state index in [1.807, 2.05) is 4.90 Å². The van der Waals surface area contributed by atoms with Gasteiger partial charge >= 0.3 is 0 Å². The number of hydrogen-bond donors (Lipinski definition) is 3. The van der Waals surface area contributed by atoms with E-state index < -0.39 is 16.7 Å². The fraction of sp³-hybridized carbons (Fsp3) is 0.400. The number of carbonyl (C=O) groups excluding carboxylic acids is 2. The second kappa shape index (κ2) is 8.17. The standard InChI is InChI=1S/C20H23N7O4/c1-11-9-12(27(30)31)5-6-14(11)22-19(29)13-10-15(28)23-18-16(13)17(21)24-20(25-18)26-7-3-2-4-8-26/h5-6,9,13H,2-4,7-8,10H2,1H3,(H,22,29)(H3,21,23,24,25,28)/t13-/m1/s1. The molecule has 4 N–H and O–H groups in total. The number of nitro benzene ring substituents is 1. The summed E-state index contributed by atoms with van der Waals surface area (Å²) in [4.78, 5) is 46.7. The lowest BCUT2D eigenvalue weighted by molar-refractivity contribution is -0.384. The number of hydrogen-bond acceptors (Lipinski definition) is 8. The van der Waals surface area contributed by atoms with Crippen LogP contribution in [0.5, 0.6) is 0 Å². The Morgan fingerprint density at radius 2 is 2.03 bits per heavy atom. The van der Waals surface area contributed by atoms with Crippen molar-refractivity contribution >= 4 is 40.8 Å². The number of nitrogens with one attached hydrogen (secondary N) is 2. The molecule has 0 aliphatic carbocycles. The van der Waals surface area contributed by atoms with Gasteiger partial charge in [0.05, 0.1) is 16.4 Å². The van der Waals surface area contributed by atoms with E-state index in [1.165, 1.54) is 18.2 Å². The van der Waals surface area contributed by atoms with Crippen molar-refractivity contribution in [3.05, 3.63) is 39.4 Å². The summed E-state index contributed by atoms with van der Waals surface area (Å²) >= 11 is 0. The van der Waals surface area contributed by atoms with Gasteiger partial charge in [0.2, 0.25) is 17.8 Å². The van der Waals surface area contributed by atoms with Gasteiger partial charge in [0.1, 0.15) is 11.6 Å². The maximum atomic E-state index is 13.0. The molecule has 4 rings (SSSR count). The maximum Gasteiger partial charge on any atom is 0.269 e. The number of amides is 2. The van der Waals surface area contributed by atoms with Gasteiger partial charge in [-0.3, -0.25) is 19.7 Å². The molecule has 11 heteroatoms. The number of fused-ring (bicyclic) bond motifs is 1. The largest absolute Gasteiger partial charge is 0.383 e. The second-order valence-corrected chi connectivity index (χ2v) is 7.77. The summed E-state index contributed by atoms with van der Waals surface area (Å²) in [6.45, 7) is 3.29. The number of nitrogen functional groups attached to an aromatic ring is 1. The Hall–Kier alpha value is -3.76. The van der Waals surface area contributed by atoms with Crippen LogP contribution in [0.2, 0.25) is 0 Å². The van der Waals surface area contributed by atoms with Crippen molar-refractivity contribution in [1.29, 1.82) is 0 Å². The molecule has 0 unspecified atom stereocenters. The quantitative estimate of drug-likeness (QED) is 0.498. The zero-order valence-corrected chi connectivity index (χ0v) is 17.1. The lowest BCUT2D eigenvalue weighted by atomic mass is 9.91. The molecule has 0 saturated carbocycles. The molecule has 1 aromatic heterocycles. The van der Waals surface area contributed by atoms with E-state index in [0.717, 1.165) is 32.4 Å². The highest BCUT2D eigenvalue weighted by molar-refractivity contribution is 6.05. The number of benzene rings is 1. The SMILES string of the molecule is Cc1cc([N+](=O)[O-])ccc1NC(=O)[C@@H]1CC(=O)Nc2nc(N3CCCCC3)nc(N)c21. The molecule has 1 atom stereocenters. The number of carbonyl (C=O) groups is 2. The molecule has 31 heavy (non-hydrogen) atoms. The van der Waals surface area contributed by atoms with E-state index in [9.17, 15) is 19.7 Å². The normalized spacial score (nSPS) is 18.2. The van der Waals surface area contributed by atoms with Crippen LogP contribution in [-0.4, -0.2) is 39.8 Å². The first kappa shape index (κ1) is 20.5. The Labute approximate surface area is 178 Å². The number of nitrogens with two attached hydrogens (primary N) is 1. The van der Waals surface area contributed by atoms with Crippen LogP contribution >= 0.6 is 0 Å². The molecule has 1 aromatic carbocycles. The molecule has 1 saturated heterocycles. The van der Waals surface area contributed by atoms with Crippen LogP contribution in [0.25, 0.3) is 0 Å². The number of nitro groups is 1. The summed E-state index contributed by atoms with van der Waals surface area (Å²) in [5, 5.41) is 16.4. The third-order valence-corrected chi connectivity index (χ3v) is 5.59. The average Bonchev–Trinajstić information content (AvgIpc) is 2.74. The van der Waals surface area contributed by atoms with Crippen molar-refractivity contribution in [3.8, 4) is 0 Å². The van der Waals surface area contributed by atoms with E-state index in [-0.39, 0.29) is 29.7 Å². The molecule has 11 nitrogen and oxygen atoms in total. The third kappa shape index (κ3) is 4.11. The minimum atomic E-state index is -0.867. The van der Waals surface area contributed by atoms with Crippen molar-refractivity contribution in [2.45, 2.75) is 38.5 Å². The highest BCUT2D eigenvalue weighted by atomic mass is 16.6. The second-order valence-electron chi connectivity index (χ2n) is 7.77. The molecule has 0 bridgehead atoms. The Bertz CT molecular complexity index is 1070. The van der Waals surface area contributed by atoms with Crippen LogP contribution in [0.15, 0.2) is 18.2 Å². The predicted molar refractivity (Wildman–Crippen MR) is 115 cm³/mol. The summed E-state index contributed by atoms with van der Waals surface area (Å²) in [7, 11) is 0. The van der Waals surface area contributed by atoms with E-state index in [1.54, 1.807) is 6.92 Å². The highest BCUT2D eigenvalue weighted by Gasteiger charge is 2.35. The van der Waals surface area contributed by atoms with Gasteiger partial charge in [-0.05, 0) is 37.8 Å². The summed E-state index contributed by atoms with van der Waals surface area (Å²) in [6.07, 6.45) is 3.12. The van der Waals surface area contributed by atoms with Crippen molar-refractivity contribution in [3.63, 3.8) is 0 Å². The molecule has 2 aliphatic rings. The zero-order chi connectivity index (χ0) is 22.1. The third-order valence-electron chi connectivity index (χ3n) is 5.59. The molecule has 2 amide bonds. The first-order valence-corrected chi connectivity index (χ1v) is 10.1. The summed E-state index contributed by atoms with van der Waals surface area (Å²) in [6, 6.07) is 4.15. The zero-order valence-electron chi connectivity index (χ0n) is 17.1. The summed E-state index contributed by atoms with van der Waals surface area (Å²) < 4.78 is 0. The smallest absolute Gasteiger partial charge is 0.269 e. The highest BCUT2D eigenvalue weighted by Crippen LogP contribution is 2.37. The van der Waals surface area contributed by atoms with Crippen LogP contribution in [-0.2, 0) is 9.59 Å². The van der Waals surface area contributed by atoms with Gasteiger partial charge in [0, 0.05) is 37.3 Å². The van der Waals surface area contributed by atoms with Crippen LogP contribution in [0.1, 0.15) is 42.7 Å². The maximum absolute atomic E-state index is 13.0. The molecule has 1 fully saturated rings. The summed E-state index contributed by atoms with van der Waals surface area (Å²) in [5.41, 5.74) is 7.49. The van der Waals surface area contributed by atoms with Gasteiger partial charge in [-0.1, -0.05) is 0 Å². The average molecular weight is 425 g/mol. The molecule has 2 aliphatic heterocycles. The van der Waals surface area contributed by atoms with E-state index >= 15 is 0 Å². The number of aromatic nitrogens is 2. The number of aryl methyl sites for hydroxylation is 1. The van der Waals surface area contributed by atoms with Gasteiger partial charge in [0.25, 0.3) is 5.69 Å². The summed E-state index contributed by atoms with van der Waals surface area (Å²) in [5.74, 6) is -0.793. The van der Waals surface area contributed by atoms with Gasteiger partial charge in [0.15, 0.2) is 0 Å². The Balaban J connectivity index is 1.62. The number of non-ortho nitro benzene ring substituents is 1. The Morgan fingerprint density at radius 1 is 1.29 bits per heavy atom. The fourth-order valence-corrected chi connectivity index (χ4v) is 3.96. The minimum absolute atomic E-state index is 0.0687. The van der Waals surface area contributed by atoms with Crippen LogP contribution in [0.3, 0.4) is 0 Å². The Morgan fingerprint density at radius 3 is 2.71 bits per heavy atom. The van der Waals surface area contributed by atoms with Crippen LogP contribution < -0.4 is 21.3 Å². The van der Waals surface area contributed by atoms with Crippen molar-refractivity contribution in [2.24, 2.45) is 0 Å². The van der Waals surface area contributed by atoms with Crippen molar-refractivity contribution in [2.75, 3.05) is 34.4 Å². The molecule has 2 aromatic rings. The molecule has 0 spiro atoms. The van der Waals surface area contributed by atoms with Crippen LogP contribution in [0.4, 0.5) is 29.0 Å². The minimum Gasteiger partial charge on any atom is -0.383 e. The molecular formula is C20H23N7O4. The molecular weight excluding hydrogens is 402 g/mol. The molecule has 3 heterocycles. The van der Waals surface area contributed by atoms with Crippen molar-refractivity contribution < 1.29 is 14.5 Å². The lowest BCUT2D eigenvalue weighted by Crippen LogP contribution is -2.35. The van der Waals surface area contributed by atoms with Gasteiger partial charge in [-0.25, -0.2) is 0 Å². The lowest BCUT2D eigenvalue weighted by Gasteiger charge is -2.30. The fourth-order valence-electron chi connectivity index (χ4n) is 3.96. The van der Waals surface area contributed by atoms with Gasteiger partial charge < -0.3 is 21.3 Å². The molecule has 0 radical (unpaired) electrons. The van der Waals surface area contributed by atoms with E-state index in [4.69, 9.17) is 5.73 Å². The van der Waals surface area contributed by atoms with Crippen molar-refractivity contribution in [1.82, 2.24) is 9.97 Å². The topological polar surface area (TPSA) is 156 Å². The Kier molecular flexibility index (Phi) is 5.40. The van der Waals surface area contributed by atoms with Crippen LogP contribution in [0, 0.1) is 17.0 Å². The van der Waals surface area contributed by atoms with Gasteiger partial charge in [-0.15, -0.1) is 0 Å². The monoisotopic (exact) mass is 425 g/mol. The van der Waals surface area contributed by atoms with E-state index in [0.29, 0.717) is 22.8 Å². The number of nitrogens with zero attached hydrogens (tertiary/aromatic N) is 4. The number of rotatable bonds is 4. The number of piperidine rings is 1. The molecule has 162 valence electrons. The first-order chi connectivity index (χ1) is 14.8. The van der Waals surface area contributed by atoms with Gasteiger partial charge in [-0.2, -0.15) is 9.97 Å².